The van der Waals surface area contributed by atoms with Crippen molar-refractivity contribution in [3.05, 3.63) is 35.4 Å². The van der Waals surface area contributed by atoms with E-state index in [0.717, 1.165) is 6.42 Å². The lowest BCUT2D eigenvalue weighted by Gasteiger charge is -2.25. The minimum Gasteiger partial charge on any atom is -0.383 e. The third-order valence-electron chi connectivity index (χ3n) is 3.31. The fraction of sp³-hybridized carbons (Fsp3) is 0.533. The SMILES string of the molecule is COCCNCC(=O)CC1OCCc2ccccc21. The van der Waals surface area contributed by atoms with E-state index in [-0.39, 0.29) is 11.9 Å². The minimum atomic E-state index is -0.0818. The van der Waals surface area contributed by atoms with Crippen molar-refractivity contribution < 1.29 is 14.3 Å². The number of nitrogens with one attached hydrogen (secondary N) is 1. The van der Waals surface area contributed by atoms with Crippen molar-refractivity contribution >= 4 is 5.78 Å². The molecule has 1 aromatic rings. The number of methoxy groups -OCH3 is 1. The molecule has 19 heavy (non-hydrogen) atoms. The van der Waals surface area contributed by atoms with Gasteiger partial charge in [0.05, 0.1) is 25.9 Å². The summed E-state index contributed by atoms with van der Waals surface area (Å²) >= 11 is 0. The molecule has 0 radical (unpaired) electrons. The lowest BCUT2D eigenvalue weighted by Crippen LogP contribution is -2.28. The molecule has 4 nitrogen and oxygen atoms in total. The third-order valence-corrected chi connectivity index (χ3v) is 3.31. The molecule has 0 aliphatic carbocycles. The Hall–Kier alpha value is -1.23. The molecule has 0 aromatic heterocycles. The number of fused-ring (bicyclic) bond motifs is 1. The van der Waals surface area contributed by atoms with Gasteiger partial charge in [-0.15, -0.1) is 0 Å². The van der Waals surface area contributed by atoms with Gasteiger partial charge in [-0.2, -0.15) is 0 Å². The number of ketones is 1. The van der Waals surface area contributed by atoms with Gasteiger partial charge in [0.15, 0.2) is 0 Å². The van der Waals surface area contributed by atoms with Gasteiger partial charge in [-0.25, -0.2) is 0 Å². The van der Waals surface area contributed by atoms with Crippen LogP contribution in [0.25, 0.3) is 0 Å². The van der Waals surface area contributed by atoms with E-state index in [1.165, 1.54) is 11.1 Å². The molecule has 0 bridgehead atoms. The first-order valence-corrected chi connectivity index (χ1v) is 6.72. The number of ether oxygens (including phenoxy) is 2. The second kappa shape index (κ2) is 7.38. The zero-order valence-corrected chi connectivity index (χ0v) is 11.4. The van der Waals surface area contributed by atoms with E-state index in [1.54, 1.807) is 7.11 Å². The van der Waals surface area contributed by atoms with E-state index in [0.29, 0.717) is 32.7 Å². The van der Waals surface area contributed by atoms with E-state index >= 15 is 0 Å². The Bertz CT molecular complexity index is 420. The molecular formula is C15H21NO3. The second-order valence-corrected chi connectivity index (χ2v) is 4.72. The maximum atomic E-state index is 11.9. The highest BCUT2D eigenvalue weighted by Crippen LogP contribution is 2.29. The Kier molecular flexibility index (Phi) is 5.51. The van der Waals surface area contributed by atoms with Gasteiger partial charge in [-0.3, -0.25) is 4.79 Å². The summed E-state index contributed by atoms with van der Waals surface area (Å²) in [5, 5.41) is 3.07. The number of hydrogen-bond acceptors (Lipinski definition) is 4. The van der Waals surface area contributed by atoms with Crippen molar-refractivity contribution in [3.8, 4) is 0 Å². The summed E-state index contributed by atoms with van der Waals surface area (Å²) in [6.45, 7) is 2.40. The Labute approximate surface area is 114 Å². The number of benzene rings is 1. The van der Waals surface area contributed by atoms with Crippen LogP contribution in [-0.4, -0.2) is 39.2 Å². The summed E-state index contributed by atoms with van der Waals surface area (Å²) in [5.41, 5.74) is 2.47. The van der Waals surface area contributed by atoms with E-state index in [9.17, 15) is 4.79 Å². The summed E-state index contributed by atoms with van der Waals surface area (Å²) in [6, 6.07) is 8.22. The summed E-state index contributed by atoms with van der Waals surface area (Å²) in [7, 11) is 1.65. The summed E-state index contributed by atoms with van der Waals surface area (Å²) in [4.78, 5) is 11.9. The Morgan fingerprint density at radius 3 is 3.16 bits per heavy atom. The molecule has 1 aliphatic rings. The van der Waals surface area contributed by atoms with Crippen LogP contribution in [-0.2, 0) is 20.7 Å². The van der Waals surface area contributed by atoms with Gasteiger partial charge >= 0.3 is 0 Å². The fourth-order valence-corrected chi connectivity index (χ4v) is 2.33. The highest BCUT2D eigenvalue weighted by molar-refractivity contribution is 5.81. The predicted octanol–water partition coefficient (Wildman–Crippen LogP) is 1.50. The Balaban J connectivity index is 1.85. The van der Waals surface area contributed by atoms with Crippen LogP contribution in [0.2, 0.25) is 0 Å². The largest absolute Gasteiger partial charge is 0.383 e. The molecule has 4 heteroatoms. The number of carbonyl (C=O) groups excluding carboxylic acids is 1. The van der Waals surface area contributed by atoms with Crippen molar-refractivity contribution in [2.75, 3.05) is 33.4 Å². The maximum Gasteiger partial charge on any atom is 0.149 e. The van der Waals surface area contributed by atoms with Crippen molar-refractivity contribution in [2.24, 2.45) is 0 Å². The molecule has 104 valence electrons. The van der Waals surface area contributed by atoms with Crippen molar-refractivity contribution in [3.63, 3.8) is 0 Å². The molecule has 1 aliphatic heterocycles. The molecule has 0 amide bonds. The normalized spacial score (nSPS) is 18.1. The molecule has 1 heterocycles. The van der Waals surface area contributed by atoms with Gasteiger partial charge in [-0.1, -0.05) is 24.3 Å². The van der Waals surface area contributed by atoms with Gasteiger partial charge in [0.25, 0.3) is 0 Å². The van der Waals surface area contributed by atoms with Crippen LogP contribution in [0.1, 0.15) is 23.7 Å². The van der Waals surface area contributed by atoms with Crippen LogP contribution in [0.15, 0.2) is 24.3 Å². The topological polar surface area (TPSA) is 47.6 Å². The highest BCUT2D eigenvalue weighted by Gasteiger charge is 2.22. The molecule has 1 unspecified atom stereocenters. The summed E-state index contributed by atoms with van der Waals surface area (Å²) < 4.78 is 10.7. The van der Waals surface area contributed by atoms with E-state index in [2.05, 4.69) is 17.4 Å². The first kappa shape index (κ1) is 14.2. The number of hydrogen-bond donors (Lipinski definition) is 1. The maximum absolute atomic E-state index is 11.9. The standard InChI is InChI=1S/C15H21NO3/c1-18-9-7-16-11-13(17)10-15-14-5-3-2-4-12(14)6-8-19-15/h2-5,15-16H,6-11H2,1H3. The Morgan fingerprint density at radius 2 is 2.32 bits per heavy atom. The van der Waals surface area contributed by atoms with Gasteiger partial charge in [-0.05, 0) is 17.5 Å². The lowest BCUT2D eigenvalue weighted by molar-refractivity contribution is -0.121. The van der Waals surface area contributed by atoms with Crippen molar-refractivity contribution in [2.45, 2.75) is 18.9 Å². The summed E-state index contributed by atoms with van der Waals surface area (Å²) in [6.07, 6.45) is 1.30. The monoisotopic (exact) mass is 263 g/mol. The van der Waals surface area contributed by atoms with E-state index < -0.39 is 0 Å². The molecule has 0 saturated heterocycles. The second-order valence-electron chi connectivity index (χ2n) is 4.72. The van der Waals surface area contributed by atoms with Crippen LogP contribution in [0, 0.1) is 0 Å². The minimum absolute atomic E-state index is 0.0818. The van der Waals surface area contributed by atoms with Gasteiger partial charge in [0.2, 0.25) is 0 Å². The zero-order valence-electron chi connectivity index (χ0n) is 11.4. The molecular weight excluding hydrogens is 242 g/mol. The summed E-state index contributed by atoms with van der Waals surface area (Å²) in [5.74, 6) is 0.179. The fourth-order valence-electron chi connectivity index (χ4n) is 2.33. The first-order chi connectivity index (χ1) is 9.31. The first-order valence-electron chi connectivity index (χ1n) is 6.72. The zero-order chi connectivity index (χ0) is 13.5. The van der Waals surface area contributed by atoms with E-state index in [1.807, 2.05) is 12.1 Å². The number of rotatable bonds is 7. The molecule has 0 spiro atoms. The smallest absolute Gasteiger partial charge is 0.149 e. The highest BCUT2D eigenvalue weighted by atomic mass is 16.5. The van der Waals surface area contributed by atoms with Crippen LogP contribution < -0.4 is 5.32 Å². The predicted molar refractivity (Wildman–Crippen MR) is 73.2 cm³/mol. The lowest BCUT2D eigenvalue weighted by atomic mass is 9.95. The van der Waals surface area contributed by atoms with Gasteiger partial charge < -0.3 is 14.8 Å². The van der Waals surface area contributed by atoms with Crippen LogP contribution in [0.4, 0.5) is 0 Å². The molecule has 2 rings (SSSR count). The van der Waals surface area contributed by atoms with Crippen LogP contribution in [0.3, 0.4) is 0 Å². The molecule has 0 saturated carbocycles. The van der Waals surface area contributed by atoms with Crippen LogP contribution in [0.5, 0.6) is 0 Å². The Morgan fingerprint density at radius 1 is 1.47 bits per heavy atom. The van der Waals surface area contributed by atoms with Crippen LogP contribution >= 0.6 is 0 Å². The average Bonchev–Trinajstić information content (AvgIpc) is 2.44. The molecule has 0 fully saturated rings. The molecule has 1 aromatic carbocycles. The molecule has 1 atom stereocenters. The van der Waals surface area contributed by atoms with Crippen molar-refractivity contribution in [1.82, 2.24) is 5.32 Å². The molecule has 1 N–H and O–H groups in total. The van der Waals surface area contributed by atoms with Gasteiger partial charge in [0.1, 0.15) is 5.78 Å². The van der Waals surface area contributed by atoms with Gasteiger partial charge in [0, 0.05) is 20.1 Å². The average molecular weight is 263 g/mol. The van der Waals surface area contributed by atoms with E-state index in [4.69, 9.17) is 9.47 Å². The quantitative estimate of drug-likeness (QED) is 0.757. The third kappa shape index (κ3) is 4.13. The van der Waals surface area contributed by atoms with Crippen molar-refractivity contribution in [1.29, 1.82) is 0 Å². The number of Topliss-reactive ketones (excluding diaryl/α,β-unsaturated/α-hetero) is 1. The number of carbonyl (C=O) groups is 1.